The molecule has 1 aromatic heterocycles. The number of amides is 2. The average molecular weight is 404 g/mol. The van der Waals surface area contributed by atoms with Crippen LogP contribution in [0.5, 0.6) is 0 Å². The molecule has 0 aromatic carbocycles. The van der Waals surface area contributed by atoms with Crippen molar-refractivity contribution in [2.24, 2.45) is 0 Å². The Hall–Kier alpha value is -1.06. The van der Waals surface area contributed by atoms with E-state index in [1.165, 1.54) is 4.90 Å². The summed E-state index contributed by atoms with van der Waals surface area (Å²) in [4.78, 5) is 25.4. The molecule has 0 unspecified atom stereocenters. The van der Waals surface area contributed by atoms with Crippen molar-refractivity contribution in [2.45, 2.75) is 0 Å². The highest BCUT2D eigenvalue weighted by atomic mass is 127. The Bertz CT molecular complexity index is 607. The molecule has 0 spiro atoms. The molecule has 19 heavy (non-hydrogen) atoms. The Balaban J connectivity index is 2.39. The first-order chi connectivity index (χ1) is 9.04. The number of hydrogen-bond donors (Lipinski definition) is 1. The molecule has 2 heterocycles. The third-order valence-corrected chi connectivity index (χ3v) is 4.87. The van der Waals surface area contributed by atoms with E-state index in [-0.39, 0.29) is 17.2 Å². The molecule has 7 heteroatoms. The van der Waals surface area contributed by atoms with Crippen molar-refractivity contribution in [3.8, 4) is 0 Å². The number of carbonyl (C=O) groups excluding carboxylic acids is 2. The van der Waals surface area contributed by atoms with E-state index in [4.69, 9.17) is 12.2 Å². The van der Waals surface area contributed by atoms with Crippen molar-refractivity contribution in [1.29, 1.82) is 0 Å². The Morgan fingerprint density at radius 3 is 2.84 bits per heavy atom. The maximum Gasteiger partial charge on any atom is 0.265 e. The minimum atomic E-state index is -0.461. The monoisotopic (exact) mass is 404 g/mol. The molecule has 1 fully saturated rings. The molecule has 1 aliphatic rings. The molecule has 0 bridgehead atoms. The predicted octanol–water partition coefficient (Wildman–Crippen LogP) is 2.17. The molecular weight excluding hydrogens is 395 g/mol. The molecule has 0 radical (unpaired) electrons. The largest absolute Gasteiger partial charge is 0.298 e. The number of thiophene rings is 1. The number of nitrogens with one attached hydrogen (secondary N) is 1. The Labute approximate surface area is 133 Å². The maximum atomic E-state index is 12.2. The first-order valence-corrected chi connectivity index (χ1v) is 7.64. The van der Waals surface area contributed by atoms with Gasteiger partial charge in [-0.3, -0.25) is 19.8 Å². The molecule has 1 saturated heterocycles. The Kier molecular flexibility index (Phi) is 4.48. The smallest absolute Gasteiger partial charge is 0.265 e. The highest BCUT2D eigenvalue weighted by molar-refractivity contribution is 14.1. The zero-order valence-corrected chi connectivity index (χ0v) is 13.5. The molecule has 1 aromatic rings. The van der Waals surface area contributed by atoms with Crippen molar-refractivity contribution in [3.63, 3.8) is 0 Å². The first-order valence-electron chi connectivity index (χ1n) is 5.27. The van der Waals surface area contributed by atoms with Crippen LogP contribution in [0.1, 0.15) is 5.56 Å². The van der Waals surface area contributed by atoms with E-state index in [1.807, 2.05) is 11.4 Å². The molecule has 2 rings (SSSR count). The lowest BCUT2D eigenvalue weighted by Crippen LogP contribution is -2.53. The van der Waals surface area contributed by atoms with Gasteiger partial charge in [0.2, 0.25) is 0 Å². The molecular formula is C12H9IN2O2S2. The summed E-state index contributed by atoms with van der Waals surface area (Å²) in [5.74, 6) is -0.854. The van der Waals surface area contributed by atoms with Gasteiger partial charge in [-0.25, -0.2) is 0 Å². The van der Waals surface area contributed by atoms with Crippen molar-refractivity contribution < 1.29 is 9.59 Å². The second-order valence-corrected chi connectivity index (χ2v) is 6.78. The average Bonchev–Trinajstić information content (AvgIpc) is 2.76. The van der Waals surface area contributed by atoms with Gasteiger partial charge in [0.05, 0.1) is 2.88 Å². The van der Waals surface area contributed by atoms with Gasteiger partial charge in [-0.1, -0.05) is 6.08 Å². The van der Waals surface area contributed by atoms with Crippen LogP contribution in [0.15, 0.2) is 29.7 Å². The van der Waals surface area contributed by atoms with Crippen molar-refractivity contribution >= 4 is 69.1 Å². The van der Waals surface area contributed by atoms with E-state index in [0.29, 0.717) is 0 Å². The van der Waals surface area contributed by atoms with Crippen LogP contribution in [0.2, 0.25) is 0 Å². The molecule has 0 saturated carbocycles. The van der Waals surface area contributed by atoms with Crippen molar-refractivity contribution in [1.82, 2.24) is 10.2 Å². The fourth-order valence-corrected chi connectivity index (χ4v) is 3.17. The minimum absolute atomic E-state index is 0.0896. The van der Waals surface area contributed by atoms with Crippen molar-refractivity contribution in [3.05, 3.63) is 38.1 Å². The van der Waals surface area contributed by atoms with Crippen LogP contribution in [0.4, 0.5) is 0 Å². The van der Waals surface area contributed by atoms with Gasteiger partial charge in [0, 0.05) is 6.54 Å². The molecule has 1 aliphatic heterocycles. The van der Waals surface area contributed by atoms with Crippen LogP contribution in [0, 0.1) is 2.88 Å². The van der Waals surface area contributed by atoms with Gasteiger partial charge in [0.1, 0.15) is 5.57 Å². The van der Waals surface area contributed by atoms with Crippen LogP contribution < -0.4 is 5.32 Å². The van der Waals surface area contributed by atoms with Crippen LogP contribution in [-0.2, 0) is 9.59 Å². The second kappa shape index (κ2) is 5.93. The number of thiocarbonyl (C=S) groups is 1. The first kappa shape index (κ1) is 14.4. The molecule has 4 nitrogen and oxygen atoms in total. The summed E-state index contributed by atoms with van der Waals surface area (Å²) in [6.45, 7) is 3.85. The maximum absolute atomic E-state index is 12.2. The number of halogens is 1. The van der Waals surface area contributed by atoms with E-state index in [1.54, 1.807) is 23.5 Å². The predicted molar refractivity (Wildman–Crippen MR) is 87.7 cm³/mol. The van der Waals surface area contributed by atoms with Gasteiger partial charge >= 0.3 is 0 Å². The summed E-state index contributed by atoms with van der Waals surface area (Å²) >= 11 is 8.69. The molecule has 98 valence electrons. The third kappa shape index (κ3) is 2.93. The van der Waals surface area contributed by atoms with Gasteiger partial charge < -0.3 is 0 Å². The van der Waals surface area contributed by atoms with Crippen LogP contribution in [-0.4, -0.2) is 28.4 Å². The SMILES string of the molecule is C=CCN1C(=O)C(=Cc2ccsc2I)C(=O)NC1=S. The Morgan fingerprint density at radius 2 is 2.26 bits per heavy atom. The summed E-state index contributed by atoms with van der Waals surface area (Å²) in [6.07, 6.45) is 3.15. The van der Waals surface area contributed by atoms with Gasteiger partial charge in [-0.05, 0) is 57.9 Å². The summed E-state index contributed by atoms with van der Waals surface area (Å²) in [6, 6.07) is 1.87. The van der Waals surface area contributed by atoms with Crippen molar-refractivity contribution in [2.75, 3.05) is 6.54 Å². The highest BCUT2D eigenvalue weighted by Gasteiger charge is 2.32. The summed E-state index contributed by atoms with van der Waals surface area (Å²) in [5, 5.41) is 4.53. The van der Waals surface area contributed by atoms with Gasteiger partial charge in [0.25, 0.3) is 11.8 Å². The molecule has 0 atom stereocenters. The zero-order valence-electron chi connectivity index (χ0n) is 9.68. The number of nitrogens with zero attached hydrogens (tertiary/aromatic N) is 1. The number of rotatable bonds is 3. The summed E-state index contributed by atoms with van der Waals surface area (Å²) < 4.78 is 1.02. The fourth-order valence-electron chi connectivity index (χ4n) is 1.55. The standard InChI is InChI=1S/C12H9IN2O2S2/c1-2-4-15-11(17)8(10(16)14-12(15)18)6-7-3-5-19-9(7)13/h2-3,5-6H,1,4H2,(H,14,16,18). The lowest BCUT2D eigenvalue weighted by Gasteiger charge is -2.27. The number of hydrogen-bond acceptors (Lipinski definition) is 4. The topological polar surface area (TPSA) is 49.4 Å². The normalized spacial score (nSPS) is 17.8. The Morgan fingerprint density at radius 1 is 1.53 bits per heavy atom. The molecule has 1 N–H and O–H groups in total. The van der Waals surface area contributed by atoms with Gasteiger partial charge in [-0.2, -0.15) is 0 Å². The highest BCUT2D eigenvalue weighted by Crippen LogP contribution is 2.23. The lowest BCUT2D eigenvalue weighted by atomic mass is 10.1. The van der Waals surface area contributed by atoms with E-state index in [2.05, 4.69) is 34.5 Å². The summed E-state index contributed by atoms with van der Waals surface area (Å²) in [7, 11) is 0. The number of carbonyl (C=O) groups is 2. The fraction of sp³-hybridized carbons (Fsp3) is 0.0833. The quantitative estimate of drug-likeness (QED) is 0.276. The van der Waals surface area contributed by atoms with Gasteiger partial charge in [0.15, 0.2) is 5.11 Å². The molecule has 0 aliphatic carbocycles. The molecule has 2 amide bonds. The van der Waals surface area contributed by atoms with Crippen LogP contribution >= 0.6 is 46.1 Å². The third-order valence-electron chi connectivity index (χ3n) is 2.44. The second-order valence-electron chi connectivity index (χ2n) is 3.67. The summed E-state index contributed by atoms with van der Waals surface area (Å²) in [5.41, 5.74) is 0.947. The van der Waals surface area contributed by atoms with Crippen LogP contribution in [0.3, 0.4) is 0 Å². The van der Waals surface area contributed by atoms with E-state index < -0.39 is 11.8 Å². The van der Waals surface area contributed by atoms with E-state index in [9.17, 15) is 9.59 Å². The van der Waals surface area contributed by atoms with E-state index >= 15 is 0 Å². The van der Waals surface area contributed by atoms with Gasteiger partial charge in [-0.15, -0.1) is 17.9 Å². The lowest BCUT2D eigenvalue weighted by molar-refractivity contribution is -0.128. The minimum Gasteiger partial charge on any atom is -0.298 e. The zero-order chi connectivity index (χ0) is 14.0. The van der Waals surface area contributed by atoms with E-state index in [0.717, 1.165) is 8.45 Å². The van der Waals surface area contributed by atoms with Crippen LogP contribution in [0.25, 0.3) is 6.08 Å².